The van der Waals surface area contributed by atoms with E-state index in [0.717, 1.165) is 25.8 Å². The van der Waals surface area contributed by atoms with Crippen molar-refractivity contribution in [1.82, 2.24) is 5.32 Å². The van der Waals surface area contributed by atoms with E-state index in [9.17, 15) is 4.79 Å². The summed E-state index contributed by atoms with van der Waals surface area (Å²) in [6, 6.07) is 0. The first-order valence-electron chi connectivity index (χ1n) is 5.47. The van der Waals surface area contributed by atoms with E-state index in [4.69, 9.17) is 11.6 Å². The Morgan fingerprint density at radius 1 is 1.43 bits per heavy atom. The van der Waals surface area contributed by atoms with E-state index >= 15 is 0 Å². The first-order valence-corrected chi connectivity index (χ1v) is 5.90. The maximum atomic E-state index is 11.3. The first-order chi connectivity index (χ1) is 6.56. The molecule has 2 atom stereocenters. The van der Waals surface area contributed by atoms with Crippen LogP contribution in [0.25, 0.3) is 0 Å². The highest BCUT2D eigenvalue weighted by atomic mass is 35.5. The summed E-state index contributed by atoms with van der Waals surface area (Å²) in [6.07, 6.45) is 3.64. The third kappa shape index (κ3) is 8.36. The molecule has 0 spiro atoms. The minimum atomic E-state index is 0.168. The zero-order chi connectivity index (χ0) is 11.0. The lowest BCUT2D eigenvalue weighted by atomic mass is 10.1. The van der Waals surface area contributed by atoms with Crippen molar-refractivity contribution in [3.05, 3.63) is 0 Å². The predicted octanol–water partition coefficient (Wildman–Crippen LogP) is 2.95. The fourth-order valence-corrected chi connectivity index (χ4v) is 1.30. The molecule has 0 fully saturated rings. The maximum absolute atomic E-state index is 11.3. The Kier molecular flexibility index (Phi) is 7.96. The van der Waals surface area contributed by atoms with Gasteiger partial charge in [-0.2, -0.15) is 0 Å². The Morgan fingerprint density at radius 3 is 2.57 bits per heavy atom. The Labute approximate surface area is 92.4 Å². The second kappa shape index (κ2) is 8.10. The molecule has 0 bridgehead atoms. The van der Waals surface area contributed by atoms with Crippen molar-refractivity contribution in [2.45, 2.75) is 51.8 Å². The molecule has 2 unspecified atom stereocenters. The van der Waals surface area contributed by atoms with Gasteiger partial charge in [-0.3, -0.25) is 4.79 Å². The number of halogens is 1. The van der Waals surface area contributed by atoms with Crippen molar-refractivity contribution in [3.63, 3.8) is 0 Å². The summed E-state index contributed by atoms with van der Waals surface area (Å²) in [5, 5.41) is 3.12. The summed E-state index contributed by atoms with van der Waals surface area (Å²) in [4.78, 5) is 11.3. The number of carbonyl (C=O) groups excluding carboxylic acids is 1. The molecule has 3 heteroatoms. The topological polar surface area (TPSA) is 29.1 Å². The van der Waals surface area contributed by atoms with Crippen molar-refractivity contribution < 1.29 is 4.79 Å². The number of amides is 1. The first kappa shape index (κ1) is 13.8. The van der Waals surface area contributed by atoms with Gasteiger partial charge in [-0.25, -0.2) is 0 Å². The van der Waals surface area contributed by atoms with Crippen LogP contribution in [0.1, 0.15) is 46.5 Å². The Bertz CT molecular complexity index is 159. The summed E-state index contributed by atoms with van der Waals surface area (Å²) in [6.45, 7) is 6.93. The highest BCUT2D eigenvalue weighted by Crippen LogP contribution is 2.06. The van der Waals surface area contributed by atoms with Gasteiger partial charge in [-0.1, -0.05) is 20.3 Å². The van der Waals surface area contributed by atoms with Gasteiger partial charge in [0.15, 0.2) is 0 Å². The number of alkyl halides is 1. The predicted molar refractivity (Wildman–Crippen MR) is 61.6 cm³/mol. The SMILES string of the molecule is CCC(C)CC(=O)NCCCC(C)Cl. The van der Waals surface area contributed by atoms with E-state index in [0.29, 0.717) is 12.3 Å². The molecule has 0 heterocycles. The van der Waals surface area contributed by atoms with Crippen molar-refractivity contribution >= 4 is 17.5 Å². The molecule has 2 nitrogen and oxygen atoms in total. The maximum Gasteiger partial charge on any atom is 0.220 e. The third-order valence-electron chi connectivity index (χ3n) is 2.33. The fraction of sp³-hybridized carbons (Fsp3) is 0.909. The molecular formula is C11H22ClNO. The molecule has 0 aromatic heterocycles. The van der Waals surface area contributed by atoms with Gasteiger partial charge >= 0.3 is 0 Å². The summed E-state index contributed by atoms with van der Waals surface area (Å²) in [7, 11) is 0. The van der Waals surface area contributed by atoms with Crippen LogP contribution in [-0.2, 0) is 4.79 Å². The van der Waals surface area contributed by atoms with Gasteiger partial charge < -0.3 is 5.32 Å². The zero-order valence-electron chi connectivity index (χ0n) is 9.48. The molecule has 84 valence electrons. The van der Waals surface area contributed by atoms with E-state index in [-0.39, 0.29) is 11.3 Å². The molecule has 14 heavy (non-hydrogen) atoms. The van der Waals surface area contributed by atoms with Crippen LogP contribution in [-0.4, -0.2) is 17.8 Å². The van der Waals surface area contributed by atoms with Crippen LogP contribution in [0.4, 0.5) is 0 Å². The quantitative estimate of drug-likeness (QED) is 0.518. The van der Waals surface area contributed by atoms with Crippen LogP contribution in [0.15, 0.2) is 0 Å². The van der Waals surface area contributed by atoms with E-state index in [2.05, 4.69) is 19.2 Å². The lowest BCUT2D eigenvalue weighted by Crippen LogP contribution is -2.26. The molecule has 0 aliphatic rings. The smallest absolute Gasteiger partial charge is 0.220 e. The van der Waals surface area contributed by atoms with Gasteiger partial charge in [-0.15, -0.1) is 11.6 Å². The summed E-state index contributed by atoms with van der Waals surface area (Å²) >= 11 is 5.79. The second-order valence-electron chi connectivity index (χ2n) is 3.99. The minimum absolute atomic E-state index is 0.168. The van der Waals surface area contributed by atoms with Crippen molar-refractivity contribution in [3.8, 4) is 0 Å². The molecule has 0 aromatic carbocycles. The van der Waals surface area contributed by atoms with E-state index in [1.54, 1.807) is 0 Å². The fourth-order valence-electron chi connectivity index (χ4n) is 1.14. The van der Waals surface area contributed by atoms with Gasteiger partial charge in [-0.05, 0) is 25.7 Å². The highest BCUT2D eigenvalue weighted by Gasteiger charge is 2.06. The summed E-state index contributed by atoms with van der Waals surface area (Å²) in [5.74, 6) is 0.656. The molecule has 0 saturated heterocycles. The number of carbonyl (C=O) groups is 1. The molecule has 0 saturated carbocycles. The Hall–Kier alpha value is -0.240. The molecule has 0 rings (SSSR count). The van der Waals surface area contributed by atoms with Crippen LogP contribution in [0.3, 0.4) is 0 Å². The molecule has 0 aliphatic heterocycles. The summed E-state index contributed by atoms with van der Waals surface area (Å²) < 4.78 is 0. The highest BCUT2D eigenvalue weighted by molar-refractivity contribution is 6.20. The number of nitrogens with one attached hydrogen (secondary N) is 1. The van der Waals surface area contributed by atoms with Gasteiger partial charge in [0.1, 0.15) is 0 Å². The number of hydrogen-bond acceptors (Lipinski definition) is 1. The second-order valence-corrected chi connectivity index (χ2v) is 4.74. The number of hydrogen-bond donors (Lipinski definition) is 1. The third-order valence-corrected chi connectivity index (χ3v) is 2.55. The van der Waals surface area contributed by atoms with Gasteiger partial charge in [0.25, 0.3) is 0 Å². The van der Waals surface area contributed by atoms with Crippen molar-refractivity contribution in [1.29, 1.82) is 0 Å². The van der Waals surface area contributed by atoms with E-state index < -0.39 is 0 Å². The van der Waals surface area contributed by atoms with E-state index in [1.165, 1.54) is 0 Å². The molecule has 1 N–H and O–H groups in total. The molecule has 0 aromatic rings. The van der Waals surface area contributed by atoms with Crippen LogP contribution in [0.5, 0.6) is 0 Å². The molecule has 1 amide bonds. The zero-order valence-corrected chi connectivity index (χ0v) is 10.2. The van der Waals surface area contributed by atoms with Crippen molar-refractivity contribution in [2.75, 3.05) is 6.54 Å². The lowest BCUT2D eigenvalue weighted by Gasteiger charge is -2.09. The lowest BCUT2D eigenvalue weighted by molar-refractivity contribution is -0.121. The Morgan fingerprint density at radius 2 is 2.07 bits per heavy atom. The molecule has 0 radical (unpaired) electrons. The number of rotatable bonds is 7. The normalized spacial score (nSPS) is 14.9. The van der Waals surface area contributed by atoms with E-state index in [1.807, 2.05) is 6.92 Å². The van der Waals surface area contributed by atoms with Gasteiger partial charge in [0, 0.05) is 18.3 Å². The van der Waals surface area contributed by atoms with Gasteiger partial charge in [0.2, 0.25) is 5.91 Å². The molecule has 0 aliphatic carbocycles. The molecular weight excluding hydrogens is 198 g/mol. The van der Waals surface area contributed by atoms with Crippen LogP contribution in [0.2, 0.25) is 0 Å². The Balaban J connectivity index is 3.36. The monoisotopic (exact) mass is 219 g/mol. The van der Waals surface area contributed by atoms with Crippen LogP contribution >= 0.6 is 11.6 Å². The van der Waals surface area contributed by atoms with Crippen LogP contribution in [0, 0.1) is 5.92 Å². The minimum Gasteiger partial charge on any atom is -0.356 e. The van der Waals surface area contributed by atoms with Crippen molar-refractivity contribution in [2.24, 2.45) is 5.92 Å². The summed E-state index contributed by atoms with van der Waals surface area (Å²) in [5.41, 5.74) is 0. The van der Waals surface area contributed by atoms with Crippen LogP contribution < -0.4 is 5.32 Å². The average Bonchev–Trinajstić information content (AvgIpc) is 2.12. The van der Waals surface area contributed by atoms with Gasteiger partial charge in [0.05, 0.1) is 0 Å². The average molecular weight is 220 g/mol. The largest absolute Gasteiger partial charge is 0.356 e. The standard InChI is InChI=1S/C11H22ClNO/c1-4-9(2)8-11(14)13-7-5-6-10(3)12/h9-10H,4-8H2,1-3H3,(H,13,14).